The first-order chi connectivity index (χ1) is 19.7. The number of aryl methyl sites for hydroxylation is 1. The minimum Gasteiger partial charge on any atom is -0.492 e. The second-order valence-corrected chi connectivity index (χ2v) is 9.87. The molecule has 0 amide bonds. The third-order valence-corrected chi connectivity index (χ3v) is 6.76. The summed E-state index contributed by atoms with van der Waals surface area (Å²) in [5.41, 5.74) is 2.47. The zero-order valence-corrected chi connectivity index (χ0v) is 24.3. The Labute approximate surface area is 248 Å². The van der Waals surface area contributed by atoms with Crippen molar-refractivity contribution in [2.24, 2.45) is 0 Å². The van der Waals surface area contributed by atoms with Gasteiger partial charge in [0.05, 0.1) is 60.9 Å². The molecule has 9 nitrogen and oxygen atoms in total. The molecule has 0 radical (unpaired) electrons. The van der Waals surface area contributed by atoms with Crippen molar-refractivity contribution in [3.05, 3.63) is 81.8 Å². The van der Waals surface area contributed by atoms with Crippen molar-refractivity contribution >= 4 is 46.5 Å². The summed E-state index contributed by atoms with van der Waals surface area (Å²) in [7, 11) is 2.66. The number of hydrogen-bond donors (Lipinski definition) is 3. The van der Waals surface area contributed by atoms with Crippen molar-refractivity contribution in [3.63, 3.8) is 0 Å². The molecule has 41 heavy (non-hydrogen) atoms. The van der Waals surface area contributed by atoms with Crippen molar-refractivity contribution in [2.45, 2.75) is 37.9 Å². The number of benzene rings is 3. The van der Waals surface area contributed by atoms with E-state index in [1.165, 1.54) is 14.2 Å². The molecule has 3 aromatic carbocycles. The summed E-state index contributed by atoms with van der Waals surface area (Å²) in [5, 5.41) is 24.5. The van der Waals surface area contributed by atoms with Crippen LogP contribution < -0.4 is 14.8 Å². The van der Waals surface area contributed by atoms with E-state index in [0.717, 1.165) is 5.56 Å². The van der Waals surface area contributed by atoms with E-state index in [4.69, 9.17) is 37.4 Å². The number of hydrogen-bond acceptors (Lipinski definition) is 9. The Balaban J connectivity index is 1.42. The SMILES string of the molecule is COC(=O)CCc1ccc(OCC[C@@H](O)[C@H](O)CCOc2ccc(Nc3ccccc3C(=O)OC)cc2Cl)c(Cl)c1. The van der Waals surface area contributed by atoms with Gasteiger partial charge >= 0.3 is 11.9 Å². The molecule has 0 unspecified atom stereocenters. The highest BCUT2D eigenvalue weighted by molar-refractivity contribution is 6.32. The Morgan fingerprint density at radius 2 is 1.44 bits per heavy atom. The predicted molar refractivity (Wildman–Crippen MR) is 157 cm³/mol. The molecule has 0 aromatic heterocycles. The highest BCUT2D eigenvalue weighted by Crippen LogP contribution is 2.31. The largest absolute Gasteiger partial charge is 0.492 e. The first kappa shape index (κ1) is 32.0. The van der Waals surface area contributed by atoms with Gasteiger partial charge in [0.1, 0.15) is 11.5 Å². The van der Waals surface area contributed by atoms with Gasteiger partial charge in [-0.15, -0.1) is 0 Å². The van der Waals surface area contributed by atoms with Crippen LogP contribution in [-0.4, -0.2) is 61.8 Å². The van der Waals surface area contributed by atoms with Crippen molar-refractivity contribution in [1.82, 2.24) is 0 Å². The number of anilines is 2. The number of halogens is 2. The number of aliphatic hydroxyl groups is 2. The van der Waals surface area contributed by atoms with Crippen LogP contribution in [0.4, 0.5) is 11.4 Å². The maximum atomic E-state index is 12.0. The number of ether oxygens (including phenoxy) is 4. The van der Waals surface area contributed by atoms with Gasteiger partial charge in [0, 0.05) is 24.9 Å². The molecule has 0 aliphatic heterocycles. The molecule has 0 saturated heterocycles. The van der Waals surface area contributed by atoms with Crippen molar-refractivity contribution in [3.8, 4) is 11.5 Å². The van der Waals surface area contributed by atoms with E-state index >= 15 is 0 Å². The minimum atomic E-state index is -1.04. The van der Waals surface area contributed by atoms with Gasteiger partial charge in [-0.05, 0) is 54.4 Å². The van der Waals surface area contributed by atoms with E-state index in [0.29, 0.717) is 44.9 Å². The highest BCUT2D eigenvalue weighted by atomic mass is 35.5. The van der Waals surface area contributed by atoms with Crippen LogP contribution in [0.15, 0.2) is 60.7 Å². The number of methoxy groups -OCH3 is 2. The minimum absolute atomic E-state index is 0.121. The number of esters is 2. The number of aliphatic hydroxyl groups excluding tert-OH is 2. The summed E-state index contributed by atoms with van der Waals surface area (Å²) < 4.78 is 20.8. The van der Waals surface area contributed by atoms with Crippen LogP contribution in [0, 0.1) is 0 Å². The summed E-state index contributed by atoms with van der Waals surface area (Å²) in [6.07, 6.45) is -0.978. The summed E-state index contributed by atoms with van der Waals surface area (Å²) in [6.45, 7) is 0.259. The predicted octanol–water partition coefficient (Wildman–Crippen LogP) is 5.59. The number of carbonyl (C=O) groups is 2. The summed E-state index contributed by atoms with van der Waals surface area (Å²) in [6, 6.07) is 17.2. The number of nitrogens with one attached hydrogen (secondary N) is 1. The van der Waals surface area contributed by atoms with Crippen LogP contribution in [0.25, 0.3) is 0 Å². The van der Waals surface area contributed by atoms with E-state index in [1.54, 1.807) is 54.6 Å². The molecule has 3 rings (SSSR count). The average Bonchev–Trinajstić information content (AvgIpc) is 2.97. The van der Waals surface area contributed by atoms with E-state index in [9.17, 15) is 19.8 Å². The average molecular weight is 606 g/mol. The third-order valence-electron chi connectivity index (χ3n) is 6.17. The van der Waals surface area contributed by atoms with Crippen LogP contribution in [-0.2, 0) is 20.7 Å². The van der Waals surface area contributed by atoms with Gasteiger partial charge in [0.25, 0.3) is 0 Å². The van der Waals surface area contributed by atoms with E-state index in [1.807, 2.05) is 6.07 Å². The van der Waals surface area contributed by atoms with Gasteiger partial charge in [-0.1, -0.05) is 41.4 Å². The Hall–Kier alpha value is -3.50. The van der Waals surface area contributed by atoms with Gasteiger partial charge in [-0.2, -0.15) is 0 Å². The lowest BCUT2D eigenvalue weighted by molar-refractivity contribution is -0.140. The zero-order valence-electron chi connectivity index (χ0n) is 22.8. The number of carbonyl (C=O) groups excluding carboxylic acids is 2. The fraction of sp³-hybridized carbons (Fsp3) is 0.333. The Morgan fingerprint density at radius 1 is 0.829 bits per heavy atom. The van der Waals surface area contributed by atoms with E-state index < -0.39 is 18.2 Å². The maximum Gasteiger partial charge on any atom is 0.339 e. The summed E-state index contributed by atoms with van der Waals surface area (Å²) >= 11 is 12.6. The molecule has 11 heteroatoms. The lowest BCUT2D eigenvalue weighted by Gasteiger charge is -2.19. The fourth-order valence-corrected chi connectivity index (χ4v) is 4.35. The van der Waals surface area contributed by atoms with Gasteiger partial charge in [0.2, 0.25) is 0 Å². The lowest BCUT2D eigenvalue weighted by Crippen LogP contribution is -2.29. The van der Waals surface area contributed by atoms with Crippen molar-refractivity contribution in [1.29, 1.82) is 0 Å². The molecule has 0 aliphatic rings. The second kappa shape index (κ2) is 16.1. The quantitative estimate of drug-likeness (QED) is 0.190. The standard InChI is InChI=1S/C30H33Cl2NO8/c1-38-29(36)12-8-19-7-10-27(22(31)17-19)40-15-13-25(34)26(35)14-16-41-28-11-9-20(18-23(28)32)33-24-6-4-3-5-21(24)30(37)39-2/h3-7,9-11,17-18,25-26,33-35H,8,12-16H2,1-2H3/t25-,26-/m1/s1. The van der Waals surface area contributed by atoms with Crippen LogP contribution in [0.1, 0.15) is 35.2 Å². The first-order valence-electron chi connectivity index (χ1n) is 12.9. The molecular formula is C30H33Cl2NO8. The van der Waals surface area contributed by atoms with Gasteiger partial charge in [-0.25, -0.2) is 4.79 Å². The molecular weight excluding hydrogens is 573 g/mol. The smallest absolute Gasteiger partial charge is 0.339 e. The lowest BCUT2D eigenvalue weighted by atomic mass is 10.1. The topological polar surface area (TPSA) is 124 Å². The van der Waals surface area contributed by atoms with E-state index in [2.05, 4.69) is 10.1 Å². The van der Waals surface area contributed by atoms with E-state index in [-0.39, 0.29) is 38.4 Å². The van der Waals surface area contributed by atoms with Crippen molar-refractivity contribution < 1.29 is 38.7 Å². The zero-order chi connectivity index (χ0) is 29.8. The molecule has 3 N–H and O–H groups in total. The van der Waals surface area contributed by atoms with Gasteiger partial charge < -0.3 is 34.5 Å². The Morgan fingerprint density at radius 3 is 2.02 bits per heavy atom. The van der Waals surface area contributed by atoms with Crippen LogP contribution in [0.5, 0.6) is 11.5 Å². The maximum absolute atomic E-state index is 12.0. The number of rotatable bonds is 15. The molecule has 0 heterocycles. The molecule has 0 bridgehead atoms. The third kappa shape index (κ3) is 9.82. The Bertz CT molecular complexity index is 1320. The first-order valence-corrected chi connectivity index (χ1v) is 13.7. The summed E-state index contributed by atoms with van der Waals surface area (Å²) in [4.78, 5) is 23.3. The fourth-order valence-electron chi connectivity index (χ4n) is 3.86. The second-order valence-electron chi connectivity index (χ2n) is 9.06. The van der Waals surface area contributed by atoms with Crippen LogP contribution in [0.3, 0.4) is 0 Å². The van der Waals surface area contributed by atoms with Gasteiger partial charge in [0.15, 0.2) is 0 Å². The Kier molecular flexibility index (Phi) is 12.6. The normalized spacial score (nSPS) is 12.2. The molecule has 3 aromatic rings. The van der Waals surface area contributed by atoms with Crippen molar-refractivity contribution in [2.75, 3.05) is 32.8 Å². The molecule has 2 atom stereocenters. The highest BCUT2D eigenvalue weighted by Gasteiger charge is 2.18. The van der Waals surface area contributed by atoms with Crippen LogP contribution in [0.2, 0.25) is 10.0 Å². The number of para-hydroxylation sites is 1. The molecule has 0 saturated carbocycles. The molecule has 0 fully saturated rings. The molecule has 0 spiro atoms. The molecule has 0 aliphatic carbocycles. The van der Waals surface area contributed by atoms with Gasteiger partial charge in [-0.3, -0.25) is 4.79 Å². The summed E-state index contributed by atoms with van der Waals surface area (Å²) in [5.74, 6) is 0.0966. The van der Waals surface area contributed by atoms with Crippen LogP contribution >= 0.6 is 23.2 Å². The monoisotopic (exact) mass is 605 g/mol. The molecule has 220 valence electrons.